The van der Waals surface area contributed by atoms with Crippen LogP contribution in [0.4, 0.5) is 8.78 Å². The summed E-state index contributed by atoms with van der Waals surface area (Å²) in [4.78, 5) is 66.5. The third kappa shape index (κ3) is 10.0. The summed E-state index contributed by atoms with van der Waals surface area (Å²) < 4.78 is 30.5. The van der Waals surface area contributed by atoms with E-state index in [4.69, 9.17) is 0 Å². The van der Waals surface area contributed by atoms with Gasteiger partial charge in [0.15, 0.2) is 0 Å². The lowest BCUT2D eigenvalue weighted by Crippen LogP contribution is -2.37. The van der Waals surface area contributed by atoms with Gasteiger partial charge in [-0.1, -0.05) is 24.3 Å². The van der Waals surface area contributed by atoms with E-state index in [2.05, 4.69) is 16.0 Å². The van der Waals surface area contributed by atoms with Crippen LogP contribution in [0.1, 0.15) is 62.2 Å². The Hall–Kier alpha value is -5.05. The molecule has 0 aromatic heterocycles. The summed E-state index contributed by atoms with van der Waals surface area (Å²) in [7, 11) is 0. The molecular weight excluding hydrogens is 726 g/mol. The number of amides is 2. The number of aliphatic carboxylic acids is 3. The molecule has 6 rings (SSSR count). The van der Waals surface area contributed by atoms with E-state index < -0.39 is 59.1 Å². The van der Waals surface area contributed by atoms with Gasteiger partial charge in [0, 0.05) is 11.1 Å². The average molecular weight is 775 g/mol. The van der Waals surface area contributed by atoms with Crippen LogP contribution in [0.5, 0.6) is 0 Å². The van der Waals surface area contributed by atoms with Crippen molar-refractivity contribution in [2.75, 3.05) is 39.3 Å². The largest absolute Gasteiger partial charge is 0.481 e. The van der Waals surface area contributed by atoms with Crippen molar-refractivity contribution in [1.29, 1.82) is 0 Å². The number of carbonyl (C=O) groups is 5. The molecule has 14 heteroatoms. The van der Waals surface area contributed by atoms with Crippen molar-refractivity contribution in [3.8, 4) is 0 Å². The molecule has 298 valence electrons. The second kappa shape index (κ2) is 18.3. The summed E-state index contributed by atoms with van der Waals surface area (Å²) in [5, 5.41) is 39.5. The molecule has 6 N–H and O–H groups in total. The number of imide groups is 1. The summed E-state index contributed by atoms with van der Waals surface area (Å²) >= 11 is 0. The van der Waals surface area contributed by atoms with Gasteiger partial charge in [-0.25, -0.2) is 8.78 Å². The molecule has 6 unspecified atom stereocenters. The SMILES string of the molecule is O=C(O)C(Cc1cccc(CN(C(=O)c2cc(F)cc(CC(C(=O)O)C3CCNC3)c2)C(=O)c2cc(F)cc(CC(C(=O)O)C3CCNC3)c2)c1)C1CCNC1. The van der Waals surface area contributed by atoms with E-state index in [-0.39, 0.29) is 65.8 Å². The van der Waals surface area contributed by atoms with E-state index in [0.717, 1.165) is 23.6 Å². The fraction of sp³-hybridized carbons (Fsp3) is 0.452. The molecule has 3 saturated heterocycles. The number of hydrogen-bond acceptors (Lipinski definition) is 8. The summed E-state index contributed by atoms with van der Waals surface area (Å²) in [6.07, 6.45) is 2.08. The van der Waals surface area contributed by atoms with E-state index in [1.165, 1.54) is 24.3 Å². The lowest BCUT2D eigenvalue weighted by Gasteiger charge is -2.24. The number of benzene rings is 3. The molecule has 0 bridgehead atoms. The number of carbonyl (C=O) groups excluding carboxylic acids is 2. The zero-order valence-electron chi connectivity index (χ0n) is 31.0. The topological polar surface area (TPSA) is 185 Å². The molecule has 3 fully saturated rings. The summed E-state index contributed by atoms with van der Waals surface area (Å²) in [6, 6.07) is 13.8. The highest BCUT2D eigenvalue weighted by molar-refractivity contribution is 6.10. The first kappa shape index (κ1) is 40.6. The van der Waals surface area contributed by atoms with Crippen molar-refractivity contribution < 1.29 is 48.1 Å². The van der Waals surface area contributed by atoms with Crippen LogP contribution in [0, 0.1) is 47.1 Å². The Balaban J connectivity index is 1.33. The van der Waals surface area contributed by atoms with E-state index >= 15 is 8.78 Å². The lowest BCUT2D eigenvalue weighted by atomic mass is 9.85. The third-order valence-corrected chi connectivity index (χ3v) is 11.6. The molecule has 3 aliphatic rings. The smallest absolute Gasteiger partial charge is 0.307 e. The molecule has 0 spiro atoms. The Bertz CT molecular complexity index is 1840. The first-order valence-electron chi connectivity index (χ1n) is 19.2. The fourth-order valence-electron chi connectivity index (χ4n) is 8.56. The van der Waals surface area contributed by atoms with Gasteiger partial charge in [0.25, 0.3) is 11.8 Å². The molecule has 2 amide bonds. The minimum Gasteiger partial charge on any atom is -0.481 e. The van der Waals surface area contributed by atoms with E-state index in [9.17, 15) is 39.3 Å². The quantitative estimate of drug-likeness (QED) is 0.116. The highest BCUT2D eigenvalue weighted by Gasteiger charge is 2.34. The van der Waals surface area contributed by atoms with E-state index in [1.54, 1.807) is 24.3 Å². The first-order valence-corrected chi connectivity index (χ1v) is 19.2. The van der Waals surface area contributed by atoms with Gasteiger partial charge in [0.1, 0.15) is 11.6 Å². The van der Waals surface area contributed by atoms with E-state index in [0.29, 0.717) is 63.1 Å². The number of rotatable bonds is 16. The molecule has 0 saturated carbocycles. The average Bonchev–Trinajstić information content (AvgIpc) is 3.98. The normalized spacial score (nSPS) is 21.0. The van der Waals surface area contributed by atoms with Crippen molar-refractivity contribution >= 4 is 29.7 Å². The molecule has 56 heavy (non-hydrogen) atoms. The molecular formula is C42H48F2N4O8. The van der Waals surface area contributed by atoms with Crippen molar-refractivity contribution in [1.82, 2.24) is 20.9 Å². The highest BCUT2D eigenvalue weighted by Crippen LogP contribution is 2.29. The highest BCUT2D eigenvalue weighted by atomic mass is 19.1. The summed E-state index contributed by atoms with van der Waals surface area (Å²) in [5.74, 6) is -9.26. The first-order chi connectivity index (χ1) is 26.9. The standard InChI is InChI=1S/C42H48F2N4O8/c43-33-13-26(16-36(41(53)54)29-5-8-46-21-29)11-31(18-33)38(49)48(23-25-3-1-2-24(10-25)15-35(40(51)52)28-4-7-45-20-28)39(50)32-12-27(14-34(44)19-32)17-37(42(55)56)30-6-9-47-22-30/h1-3,10-14,18-19,28-30,35-37,45-47H,4-9,15-17,20-23H2,(H,51,52)(H,53,54)(H,55,56). The monoisotopic (exact) mass is 774 g/mol. The number of nitrogens with one attached hydrogen (secondary N) is 3. The van der Waals surface area contributed by atoms with Gasteiger partial charge in [-0.05, 0) is 154 Å². The predicted molar refractivity (Wildman–Crippen MR) is 201 cm³/mol. The van der Waals surface area contributed by atoms with Gasteiger partial charge >= 0.3 is 17.9 Å². The Kier molecular flexibility index (Phi) is 13.2. The molecule has 3 heterocycles. The second-order valence-corrected chi connectivity index (χ2v) is 15.4. The number of carboxylic acids is 3. The zero-order chi connectivity index (χ0) is 39.9. The van der Waals surface area contributed by atoms with Gasteiger partial charge in [0.05, 0.1) is 24.3 Å². The summed E-state index contributed by atoms with van der Waals surface area (Å²) in [6.45, 7) is 3.25. The molecule has 12 nitrogen and oxygen atoms in total. The van der Waals surface area contributed by atoms with Gasteiger partial charge < -0.3 is 31.3 Å². The van der Waals surface area contributed by atoms with Crippen LogP contribution < -0.4 is 16.0 Å². The maximum absolute atomic E-state index is 15.2. The minimum absolute atomic E-state index is 0.0501. The number of carboxylic acid groups (broad SMARTS) is 3. The minimum atomic E-state index is -1.04. The lowest BCUT2D eigenvalue weighted by molar-refractivity contribution is -0.144. The van der Waals surface area contributed by atoms with Gasteiger partial charge in [-0.2, -0.15) is 0 Å². The van der Waals surface area contributed by atoms with Crippen LogP contribution in [-0.2, 0) is 40.2 Å². The zero-order valence-corrected chi connectivity index (χ0v) is 31.0. The van der Waals surface area contributed by atoms with Crippen LogP contribution in [0.2, 0.25) is 0 Å². The molecule has 0 radical (unpaired) electrons. The maximum atomic E-state index is 15.2. The predicted octanol–water partition coefficient (Wildman–Crippen LogP) is 4.01. The number of hydrogen-bond donors (Lipinski definition) is 6. The maximum Gasteiger partial charge on any atom is 0.307 e. The van der Waals surface area contributed by atoms with Crippen molar-refractivity contribution in [3.63, 3.8) is 0 Å². The molecule has 0 aliphatic carbocycles. The molecule has 3 aromatic rings. The van der Waals surface area contributed by atoms with Crippen LogP contribution >= 0.6 is 0 Å². The van der Waals surface area contributed by atoms with Crippen molar-refractivity contribution in [2.45, 2.75) is 45.1 Å². The van der Waals surface area contributed by atoms with Crippen molar-refractivity contribution in [2.24, 2.45) is 35.5 Å². The van der Waals surface area contributed by atoms with Gasteiger partial charge in [-0.15, -0.1) is 0 Å². The van der Waals surface area contributed by atoms with Crippen LogP contribution in [0.25, 0.3) is 0 Å². The van der Waals surface area contributed by atoms with Crippen LogP contribution in [0.15, 0.2) is 60.7 Å². The van der Waals surface area contributed by atoms with Crippen LogP contribution in [0.3, 0.4) is 0 Å². The van der Waals surface area contributed by atoms with Crippen LogP contribution in [-0.4, -0.2) is 89.2 Å². The molecule has 6 atom stereocenters. The van der Waals surface area contributed by atoms with Gasteiger partial charge in [-0.3, -0.25) is 28.9 Å². The van der Waals surface area contributed by atoms with Crippen molar-refractivity contribution in [3.05, 3.63) is 106 Å². The second-order valence-electron chi connectivity index (χ2n) is 15.4. The number of nitrogens with zero attached hydrogens (tertiary/aromatic N) is 1. The summed E-state index contributed by atoms with van der Waals surface area (Å²) in [5.41, 5.74) is 1.23. The van der Waals surface area contributed by atoms with Gasteiger partial charge in [0.2, 0.25) is 0 Å². The Morgan fingerprint density at radius 3 is 1.34 bits per heavy atom. The Morgan fingerprint density at radius 1 is 0.571 bits per heavy atom. The number of halogens is 2. The Labute approximate surface area is 323 Å². The Morgan fingerprint density at radius 2 is 0.964 bits per heavy atom. The fourth-order valence-corrected chi connectivity index (χ4v) is 8.56. The third-order valence-electron chi connectivity index (χ3n) is 11.6. The molecule has 3 aliphatic heterocycles. The molecule has 3 aromatic carbocycles. The van der Waals surface area contributed by atoms with E-state index in [1.807, 2.05) is 0 Å².